The number of esters is 4. The minimum absolute atomic E-state index is 0.0846. The first-order valence-electron chi connectivity index (χ1n) is 33.5. The molecule has 0 radical (unpaired) electrons. The van der Waals surface area contributed by atoms with E-state index in [9.17, 15) is 43.2 Å². The van der Waals surface area contributed by atoms with Crippen LogP contribution in [0.15, 0.2) is 24.3 Å². The predicted molar refractivity (Wildman–Crippen MR) is 335 cm³/mol. The van der Waals surface area contributed by atoms with E-state index in [1.807, 2.05) is 0 Å². The second-order valence-corrected chi connectivity index (χ2v) is 26.0. The van der Waals surface area contributed by atoms with Crippen LogP contribution in [-0.4, -0.2) is 96.7 Å². The number of rotatable bonds is 63. The van der Waals surface area contributed by atoms with Crippen LogP contribution in [0.1, 0.15) is 304 Å². The lowest BCUT2D eigenvalue weighted by molar-refractivity contribution is -0.161. The molecular weight excluding hydrogens is 1110 g/mol. The van der Waals surface area contributed by atoms with Crippen LogP contribution in [0.5, 0.6) is 0 Å². The molecule has 0 aromatic carbocycles. The van der Waals surface area contributed by atoms with Crippen LogP contribution in [0.2, 0.25) is 0 Å². The third-order valence-electron chi connectivity index (χ3n) is 14.8. The van der Waals surface area contributed by atoms with Gasteiger partial charge in [0.1, 0.15) is 19.3 Å². The van der Waals surface area contributed by atoms with Crippen LogP contribution in [0.4, 0.5) is 0 Å². The van der Waals surface area contributed by atoms with Gasteiger partial charge in [-0.25, -0.2) is 9.13 Å². The number of ether oxygens (including phenoxy) is 4. The first-order valence-corrected chi connectivity index (χ1v) is 36.5. The Balaban J connectivity index is 5.26. The van der Waals surface area contributed by atoms with E-state index in [0.29, 0.717) is 25.7 Å². The summed E-state index contributed by atoms with van der Waals surface area (Å²) in [5.41, 5.74) is 0. The Kier molecular flexibility index (Phi) is 56.5. The number of phosphoric ester groups is 2. The van der Waals surface area contributed by atoms with Crippen molar-refractivity contribution < 1.29 is 80.2 Å². The van der Waals surface area contributed by atoms with Crippen molar-refractivity contribution >= 4 is 39.5 Å². The maximum atomic E-state index is 13.0. The average Bonchev–Trinajstić information content (AvgIpc) is 3.59. The molecule has 3 N–H and O–H groups in total. The van der Waals surface area contributed by atoms with Gasteiger partial charge in [-0.05, 0) is 57.3 Å². The molecule has 0 fully saturated rings. The highest BCUT2D eigenvalue weighted by Gasteiger charge is 2.30. The summed E-state index contributed by atoms with van der Waals surface area (Å²) in [6.45, 7) is 7.09. The van der Waals surface area contributed by atoms with Gasteiger partial charge in [-0.1, -0.05) is 252 Å². The molecule has 0 saturated carbocycles. The third-order valence-corrected chi connectivity index (χ3v) is 16.7. The quantitative estimate of drug-likeness (QED) is 0.0169. The van der Waals surface area contributed by atoms with Gasteiger partial charge in [-0.3, -0.25) is 37.3 Å². The molecular formula is C65H122O17P2. The van der Waals surface area contributed by atoms with Crippen molar-refractivity contribution in [2.45, 2.75) is 323 Å². The number of aliphatic hydroxyl groups excluding tert-OH is 1. The molecule has 84 heavy (non-hydrogen) atoms. The smallest absolute Gasteiger partial charge is 0.462 e. The number of allylic oxidation sites excluding steroid dienone is 4. The molecule has 0 heterocycles. The number of aliphatic hydroxyl groups is 1. The van der Waals surface area contributed by atoms with Gasteiger partial charge < -0.3 is 33.8 Å². The van der Waals surface area contributed by atoms with Crippen LogP contribution in [-0.2, 0) is 65.4 Å². The number of phosphoric acid groups is 2. The van der Waals surface area contributed by atoms with Crippen LogP contribution < -0.4 is 0 Å². The van der Waals surface area contributed by atoms with Gasteiger partial charge in [0.15, 0.2) is 12.2 Å². The van der Waals surface area contributed by atoms with Crippen molar-refractivity contribution in [3.05, 3.63) is 24.3 Å². The van der Waals surface area contributed by atoms with Gasteiger partial charge in [-0.2, -0.15) is 0 Å². The lowest BCUT2D eigenvalue weighted by Crippen LogP contribution is -2.30. The van der Waals surface area contributed by atoms with Gasteiger partial charge in [0.25, 0.3) is 0 Å². The lowest BCUT2D eigenvalue weighted by atomic mass is 9.99. The summed E-state index contributed by atoms with van der Waals surface area (Å²) in [6, 6.07) is 0. The van der Waals surface area contributed by atoms with E-state index in [4.69, 9.17) is 37.0 Å². The number of unbranched alkanes of at least 4 members (excludes halogenated alkanes) is 31. The van der Waals surface area contributed by atoms with Gasteiger partial charge >= 0.3 is 39.5 Å². The Morgan fingerprint density at radius 2 is 0.667 bits per heavy atom. The predicted octanol–water partition coefficient (Wildman–Crippen LogP) is 17.7. The fraction of sp³-hybridized carbons (Fsp3) is 0.877. The van der Waals surface area contributed by atoms with Crippen molar-refractivity contribution in [3.8, 4) is 0 Å². The number of hydrogen-bond acceptors (Lipinski definition) is 15. The minimum atomic E-state index is -4.95. The van der Waals surface area contributed by atoms with Crippen molar-refractivity contribution in [3.63, 3.8) is 0 Å². The Morgan fingerprint density at radius 1 is 0.381 bits per heavy atom. The topological polar surface area (TPSA) is 237 Å². The summed E-state index contributed by atoms with van der Waals surface area (Å²) >= 11 is 0. The van der Waals surface area contributed by atoms with E-state index in [1.165, 1.54) is 109 Å². The first-order chi connectivity index (χ1) is 40.6. The summed E-state index contributed by atoms with van der Waals surface area (Å²) < 4.78 is 67.9. The van der Waals surface area contributed by atoms with E-state index >= 15 is 0 Å². The summed E-state index contributed by atoms with van der Waals surface area (Å²) in [5.74, 6) is -1.39. The average molecular weight is 1240 g/mol. The van der Waals surface area contributed by atoms with E-state index in [-0.39, 0.29) is 25.7 Å². The molecule has 0 aromatic heterocycles. The van der Waals surface area contributed by atoms with Crippen molar-refractivity contribution in [1.82, 2.24) is 0 Å². The highest BCUT2D eigenvalue weighted by atomic mass is 31.2. The molecule has 0 rings (SSSR count). The van der Waals surface area contributed by atoms with E-state index in [0.717, 1.165) is 115 Å². The lowest BCUT2D eigenvalue weighted by Gasteiger charge is -2.21. The van der Waals surface area contributed by atoms with Crippen molar-refractivity contribution in [2.75, 3.05) is 39.6 Å². The fourth-order valence-corrected chi connectivity index (χ4v) is 10.8. The normalized spacial score (nSPS) is 14.7. The zero-order valence-electron chi connectivity index (χ0n) is 53.5. The highest BCUT2D eigenvalue weighted by molar-refractivity contribution is 7.47. The van der Waals surface area contributed by atoms with Gasteiger partial charge in [-0.15, -0.1) is 0 Å². The molecule has 6 atom stereocenters. The first kappa shape index (κ1) is 81.5. The minimum Gasteiger partial charge on any atom is -0.462 e. The molecule has 19 heteroatoms. The SMILES string of the molecule is CCCCCC/C=C\C=C/CCCCCCCC(=O)O[C@H](COC(=O)CCCCCCCCCCC(C)CC)COP(=O)(O)OC[C@@H](O)COP(=O)(O)OC[C@@H](COC(=O)CCCCCCCCCC)OC(=O)CCCCCCCCCCC. The van der Waals surface area contributed by atoms with Gasteiger partial charge in [0.05, 0.1) is 26.4 Å². The van der Waals surface area contributed by atoms with E-state index in [1.54, 1.807) is 0 Å². The van der Waals surface area contributed by atoms with E-state index in [2.05, 4.69) is 58.9 Å². The molecule has 0 aliphatic carbocycles. The third kappa shape index (κ3) is 57.3. The molecule has 0 bridgehead atoms. The van der Waals surface area contributed by atoms with E-state index < -0.39 is 97.5 Å². The summed E-state index contributed by atoms with van der Waals surface area (Å²) in [6.07, 6.45) is 45.2. The molecule has 0 saturated heterocycles. The summed E-state index contributed by atoms with van der Waals surface area (Å²) in [4.78, 5) is 72.1. The Morgan fingerprint density at radius 3 is 1.01 bits per heavy atom. The standard InChI is InChI=1S/C65H122O17P2/c1-6-10-13-16-19-22-23-24-25-26-27-29-36-41-46-51-65(70)82-61(55-76-63(68)49-44-39-34-31-30-32-37-42-47-58(5)9-4)57-80-84(73,74)78-53-59(66)52-77-83(71,72)79-56-60(54-75-62(67)48-43-38-33-21-18-15-12-8-3)81-64(69)50-45-40-35-28-20-17-14-11-7-2/h22-25,58-61,66H,6-21,26-57H2,1-5H3,(H,71,72)(H,73,74)/b23-22-,25-24-/t58?,59-,60+,61+/m0/s1. The molecule has 17 nitrogen and oxygen atoms in total. The van der Waals surface area contributed by atoms with Gasteiger partial charge in [0.2, 0.25) is 0 Å². The molecule has 0 amide bonds. The van der Waals surface area contributed by atoms with Crippen molar-refractivity contribution in [2.24, 2.45) is 5.92 Å². The molecule has 494 valence electrons. The molecule has 3 unspecified atom stereocenters. The Hall–Kier alpha value is -2.46. The number of hydrogen-bond donors (Lipinski definition) is 3. The van der Waals surface area contributed by atoms with Crippen LogP contribution in [0.3, 0.4) is 0 Å². The monoisotopic (exact) mass is 1240 g/mol. The van der Waals surface area contributed by atoms with Crippen LogP contribution in [0, 0.1) is 5.92 Å². The second kappa shape index (κ2) is 58.2. The summed E-state index contributed by atoms with van der Waals surface area (Å²) in [7, 11) is -9.90. The summed E-state index contributed by atoms with van der Waals surface area (Å²) in [5, 5.41) is 10.5. The Labute approximate surface area is 510 Å². The molecule has 0 aliphatic heterocycles. The zero-order chi connectivity index (χ0) is 62.0. The second-order valence-electron chi connectivity index (χ2n) is 23.1. The van der Waals surface area contributed by atoms with Gasteiger partial charge in [0, 0.05) is 25.7 Å². The fourth-order valence-electron chi connectivity index (χ4n) is 9.19. The number of carbonyl (C=O) groups excluding carboxylic acids is 4. The number of carbonyl (C=O) groups is 4. The maximum Gasteiger partial charge on any atom is 0.472 e. The molecule has 0 spiro atoms. The largest absolute Gasteiger partial charge is 0.472 e. The molecule has 0 aromatic rings. The molecule has 0 aliphatic rings. The Bertz CT molecular complexity index is 1730. The van der Waals surface area contributed by atoms with Crippen LogP contribution >= 0.6 is 15.6 Å². The zero-order valence-corrected chi connectivity index (χ0v) is 55.3. The van der Waals surface area contributed by atoms with Crippen LogP contribution in [0.25, 0.3) is 0 Å². The maximum absolute atomic E-state index is 13.0. The van der Waals surface area contributed by atoms with Crippen molar-refractivity contribution in [1.29, 1.82) is 0 Å². The highest BCUT2D eigenvalue weighted by Crippen LogP contribution is 2.45.